The van der Waals surface area contributed by atoms with E-state index in [4.69, 9.17) is 5.73 Å². The van der Waals surface area contributed by atoms with Crippen molar-refractivity contribution in [2.45, 2.75) is 76.2 Å². The van der Waals surface area contributed by atoms with Gasteiger partial charge in [0.15, 0.2) is 0 Å². The molecule has 0 bridgehead atoms. The van der Waals surface area contributed by atoms with Crippen molar-refractivity contribution in [1.29, 1.82) is 0 Å². The van der Waals surface area contributed by atoms with Gasteiger partial charge >= 0.3 is 0 Å². The number of hydrogen-bond donors (Lipinski definition) is 3. The molecule has 2 aliphatic rings. The van der Waals surface area contributed by atoms with E-state index >= 15 is 0 Å². The van der Waals surface area contributed by atoms with E-state index in [1.54, 1.807) is 4.90 Å². The molecule has 2 aliphatic heterocycles. The summed E-state index contributed by atoms with van der Waals surface area (Å²) in [6, 6.07) is 8.09. The van der Waals surface area contributed by atoms with E-state index < -0.39 is 18.1 Å². The van der Waals surface area contributed by atoms with Crippen LogP contribution in [0.25, 0.3) is 0 Å². The molecule has 4 N–H and O–H groups in total. The zero-order valence-electron chi connectivity index (χ0n) is 16.4. The summed E-state index contributed by atoms with van der Waals surface area (Å²) in [6.45, 7) is 2.27. The zero-order valence-corrected chi connectivity index (χ0v) is 16.4. The van der Waals surface area contributed by atoms with Crippen molar-refractivity contribution in [3.8, 4) is 0 Å². The molecule has 0 spiro atoms. The molecule has 0 aliphatic carbocycles. The third-order valence-corrected chi connectivity index (χ3v) is 5.79. The van der Waals surface area contributed by atoms with Crippen LogP contribution in [0.2, 0.25) is 0 Å². The van der Waals surface area contributed by atoms with Gasteiger partial charge < -0.3 is 21.3 Å². The van der Waals surface area contributed by atoms with Crippen molar-refractivity contribution < 1.29 is 14.4 Å². The lowest BCUT2D eigenvalue weighted by Gasteiger charge is -2.30. The van der Waals surface area contributed by atoms with E-state index in [9.17, 15) is 14.4 Å². The molecule has 28 heavy (non-hydrogen) atoms. The maximum absolute atomic E-state index is 13.2. The summed E-state index contributed by atoms with van der Waals surface area (Å²) in [5.74, 6) is -0.586. The molecule has 152 valence electrons. The van der Waals surface area contributed by atoms with Gasteiger partial charge in [0.1, 0.15) is 12.1 Å². The van der Waals surface area contributed by atoms with E-state index in [2.05, 4.69) is 10.6 Å². The summed E-state index contributed by atoms with van der Waals surface area (Å²) in [4.78, 5) is 39.9. The molecule has 2 heterocycles. The molecule has 0 unspecified atom stereocenters. The minimum absolute atomic E-state index is 0.0710. The Morgan fingerprint density at radius 2 is 1.93 bits per heavy atom. The smallest absolute Gasteiger partial charge is 0.246 e. The second kappa shape index (κ2) is 9.19. The molecule has 0 aromatic heterocycles. The number of fused-ring (bicyclic) bond motifs is 1. The molecule has 3 amide bonds. The third-order valence-electron chi connectivity index (χ3n) is 5.79. The number of hydrogen-bond acceptors (Lipinski definition) is 4. The highest BCUT2D eigenvalue weighted by atomic mass is 16.2. The Balaban J connectivity index is 1.66. The second-order valence-corrected chi connectivity index (χ2v) is 7.70. The summed E-state index contributed by atoms with van der Waals surface area (Å²) < 4.78 is 0. The molecule has 2 saturated heterocycles. The van der Waals surface area contributed by atoms with Crippen LogP contribution in [-0.2, 0) is 20.9 Å². The van der Waals surface area contributed by atoms with Crippen LogP contribution in [0, 0.1) is 0 Å². The molecule has 1 aromatic carbocycles. The summed E-state index contributed by atoms with van der Waals surface area (Å²) in [5, 5.41) is 5.76. The summed E-state index contributed by atoms with van der Waals surface area (Å²) in [6.07, 6.45) is 4.30. The fraction of sp³-hybridized carbons (Fsp3) is 0.571. The first-order valence-corrected chi connectivity index (χ1v) is 10.2. The van der Waals surface area contributed by atoms with Crippen LogP contribution < -0.4 is 16.4 Å². The van der Waals surface area contributed by atoms with Gasteiger partial charge in [-0.1, -0.05) is 37.3 Å². The van der Waals surface area contributed by atoms with Crippen molar-refractivity contribution >= 4 is 17.7 Å². The van der Waals surface area contributed by atoms with Crippen molar-refractivity contribution in [1.82, 2.24) is 15.5 Å². The van der Waals surface area contributed by atoms with E-state index in [1.807, 2.05) is 37.3 Å². The van der Waals surface area contributed by atoms with E-state index in [1.165, 1.54) is 0 Å². The van der Waals surface area contributed by atoms with Gasteiger partial charge in [0.2, 0.25) is 17.7 Å². The molecule has 4 atom stereocenters. The average Bonchev–Trinajstić information content (AvgIpc) is 3.08. The highest BCUT2D eigenvalue weighted by Crippen LogP contribution is 2.32. The SMILES string of the molecule is CC[C@H](N)C(=O)N[C@H]1CCC[C@H]2CC[C@@H](C(=O)NCc3ccccc3)N2C1=O. The fourth-order valence-electron chi connectivity index (χ4n) is 4.12. The third kappa shape index (κ3) is 4.52. The first kappa shape index (κ1) is 20.3. The lowest BCUT2D eigenvalue weighted by molar-refractivity contribution is -0.142. The Labute approximate surface area is 166 Å². The topological polar surface area (TPSA) is 105 Å². The Kier molecular flexibility index (Phi) is 6.67. The average molecular weight is 386 g/mol. The number of nitrogens with one attached hydrogen (secondary N) is 2. The molecule has 0 saturated carbocycles. The van der Waals surface area contributed by atoms with Gasteiger partial charge in [-0.3, -0.25) is 14.4 Å². The molecule has 1 aromatic rings. The predicted octanol–water partition coefficient (Wildman–Crippen LogP) is 1.07. The van der Waals surface area contributed by atoms with Gasteiger partial charge in [-0.2, -0.15) is 0 Å². The standard InChI is InChI=1S/C21H30N4O3/c1-2-16(22)19(26)24-17-10-6-9-15-11-12-18(25(15)21(17)28)20(27)23-13-14-7-4-3-5-8-14/h3-5,7-8,15-18H,2,6,9-13,22H2,1H3,(H,23,27)(H,24,26)/t15-,16-,17-,18-/m0/s1. The Bertz CT molecular complexity index is 709. The molecular weight excluding hydrogens is 356 g/mol. The number of amides is 3. The van der Waals surface area contributed by atoms with Crippen molar-refractivity contribution in [3.05, 3.63) is 35.9 Å². The fourth-order valence-corrected chi connectivity index (χ4v) is 4.12. The Morgan fingerprint density at radius 1 is 1.18 bits per heavy atom. The highest BCUT2D eigenvalue weighted by Gasteiger charge is 2.44. The maximum Gasteiger partial charge on any atom is 0.246 e. The number of nitrogens with two attached hydrogens (primary N) is 1. The zero-order chi connectivity index (χ0) is 20.1. The largest absolute Gasteiger partial charge is 0.350 e. The molecular formula is C21H30N4O3. The van der Waals surface area contributed by atoms with Gasteiger partial charge in [0.05, 0.1) is 6.04 Å². The number of benzene rings is 1. The van der Waals surface area contributed by atoms with Crippen LogP contribution >= 0.6 is 0 Å². The van der Waals surface area contributed by atoms with Crippen molar-refractivity contribution in [2.75, 3.05) is 0 Å². The van der Waals surface area contributed by atoms with E-state index in [0.29, 0.717) is 25.8 Å². The van der Waals surface area contributed by atoms with E-state index in [0.717, 1.165) is 24.8 Å². The van der Waals surface area contributed by atoms with Crippen LogP contribution in [0.1, 0.15) is 51.0 Å². The lowest BCUT2D eigenvalue weighted by Crippen LogP contribution is -2.56. The van der Waals surface area contributed by atoms with Crippen LogP contribution in [0.3, 0.4) is 0 Å². The Morgan fingerprint density at radius 3 is 2.64 bits per heavy atom. The van der Waals surface area contributed by atoms with Crippen LogP contribution in [0.4, 0.5) is 0 Å². The first-order valence-electron chi connectivity index (χ1n) is 10.2. The van der Waals surface area contributed by atoms with Crippen LogP contribution in [0.5, 0.6) is 0 Å². The first-order chi connectivity index (χ1) is 13.5. The minimum atomic E-state index is -0.615. The molecule has 3 rings (SSSR count). The van der Waals surface area contributed by atoms with Gasteiger partial charge in [0.25, 0.3) is 0 Å². The second-order valence-electron chi connectivity index (χ2n) is 7.70. The number of carbonyl (C=O) groups excluding carboxylic acids is 3. The highest BCUT2D eigenvalue weighted by molar-refractivity contribution is 5.93. The van der Waals surface area contributed by atoms with Gasteiger partial charge in [-0.25, -0.2) is 0 Å². The number of nitrogens with zero attached hydrogens (tertiary/aromatic N) is 1. The predicted molar refractivity (Wildman–Crippen MR) is 106 cm³/mol. The molecule has 2 fully saturated rings. The summed E-state index contributed by atoms with van der Waals surface area (Å²) in [5.41, 5.74) is 6.81. The van der Waals surface area contributed by atoms with E-state index in [-0.39, 0.29) is 23.8 Å². The molecule has 0 radical (unpaired) electrons. The summed E-state index contributed by atoms with van der Waals surface area (Å²) in [7, 11) is 0. The summed E-state index contributed by atoms with van der Waals surface area (Å²) >= 11 is 0. The number of carbonyl (C=O) groups is 3. The Hall–Kier alpha value is -2.41. The quantitative estimate of drug-likeness (QED) is 0.680. The monoisotopic (exact) mass is 386 g/mol. The van der Waals surface area contributed by atoms with Crippen LogP contribution in [-0.4, -0.2) is 46.8 Å². The normalized spacial score (nSPS) is 25.6. The van der Waals surface area contributed by atoms with Crippen molar-refractivity contribution in [2.24, 2.45) is 5.73 Å². The van der Waals surface area contributed by atoms with Crippen molar-refractivity contribution in [3.63, 3.8) is 0 Å². The lowest BCUT2D eigenvalue weighted by atomic mass is 10.1. The van der Waals surface area contributed by atoms with Gasteiger partial charge in [-0.15, -0.1) is 0 Å². The number of rotatable bonds is 6. The maximum atomic E-state index is 13.2. The van der Waals surface area contributed by atoms with Gasteiger partial charge in [0, 0.05) is 12.6 Å². The van der Waals surface area contributed by atoms with Gasteiger partial charge in [-0.05, 0) is 44.1 Å². The molecule has 7 nitrogen and oxygen atoms in total. The molecule has 7 heteroatoms. The van der Waals surface area contributed by atoms with Crippen LogP contribution in [0.15, 0.2) is 30.3 Å². The minimum Gasteiger partial charge on any atom is -0.350 e.